The van der Waals surface area contributed by atoms with E-state index in [0.717, 1.165) is 44.0 Å². The van der Waals surface area contributed by atoms with E-state index < -0.39 is 0 Å². The molecule has 1 aliphatic carbocycles. The number of anilines is 1. The molecule has 1 aromatic heterocycles. The van der Waals surface area contributed by atoms with Crippen LogP contribution in [0.15, 0.2) is 5.51 Å². The van der Waals surface area contributed by atoms with Gasteiger partial charge in [0.25, 0.3) is 0 Å². The molecule has 5 nitrogen and oxygen atoms in total. The van der Waals surface area contributed by atoms with Gasteiger partial charge in [0.05, 0.1) is 13.2 Å². The van der Waals surface area contributed by atoms with Crippen LogP contribution in [0.3, 0.4) is 0 Å². The standard InChI is InChI=1S/C11H17N3O2S/c1-14(10-13-12-8-17-10)9-2-4-11(5-3-9)15-6-7-16-11/h8-9H,2-7H2,1H3. The molecule has 94 valence electrons. The lowest BCUT2D eigenvalue weighted by Gasteiger charge is -2.38. The molecule has 1 saturated carbocycles. The van der Waals surface area contributed by atoms with Crippen molar-refractivity contribution in [2.75, 3.05) is 25.2 Å². The number of ether oxygens (including phenoxy) is 2. The summed E-state index contributed by atoms with van der Waals surface area (Å²) in [7, 11) is 2.10. The fourth-order valence-corrected chi connectivity index (χ4v) is 3.29. The summed E-state index contributed by atoms with van der Waals surface area (Å²) in [5, 5.41) is 9.00. The van der Waals surface area contributed by atoms with Crippen molar-refractivity contribution in [3.63, 3.8) is 0 Å². The number of nitrogens with zero attached hydrogens (tertiary/aromatic N) is 3. The lowest BCUT2D eigenvalue weighted by atomic mass is 9.89. The van der Waals surface area contributed by atoms with E-state index in [9.17, 15) is 0 Å². The van der Waals surface area contributed by atoms with Crippen molar-refractivity contribution in [2.24, 2.45) is 0 Å². The number of hydrogen-bond acceptors (Lipinski definition) is 6. The zero-order valence-electron chi connectivity index (χ0n) is 9.96. The predicted octanol–water partition coefficient (Wildman–Crippen LogP) is 1.66. The summed E-state index contributed by atoms with van der Waals surface area (Å²) in [6, 6.07) is 0.529. The largest absolute Gasteiger partial charge is 0.348 e. The number of rotatable bonds is 2. The monoisotopic (exact) mass is 255 g/mol. The third-order valence-electron chi connectivity index (χ3n) is 3.73. The summed E-state index contributed by atoms with van der Waals surface area (Å²) in [4.78, 5) is 2.24. The molecular formula is C11H17N3O2S. The molecule has 0 bridgehead atoms. The molecule has 2 fully saturated rings. The van der Waals surface area contributed by atoms with E-state index in [0.29, 0.717) is 6.04 Å². The minimum Gasteiger partial charge on any atom is -0.348 e. The van der Waals surface area contributed by atoms with Gasteiger partial charge in [-0.2, -0.15) is 0 Å². The smallest absolute Gasteiger partial charge is 0.208 e. The molecule has 1 aromatic rings. The highest BCUT2D eigenvalue weighted by molar-refractivity contribution is 7.13. The third kappa shape index (κ3) is 2.17. The quantitative estimate of drug-likeness (QED) is 0.804. The number of aromatic nitrogens is 2. The molecule has 0 N–H and O–H groups in total. The van der Waals surface area contributed by atoms with Crippen molar-refractivity contribution < 1.29 is 9.47 Å². The second-order valence-electron chi connectivity index (χ2n) is 4.67. The molecule has 2 aliphatic rings. The zero-order chi connectivity index (χ0) is 11.7. The molecule has 1 aliphatic heterocycles. The minimum absolute atomic E-state index is 0.265. The summed E-state index contributed by atoms with van der Waals surface area (Å²) in [6.45, 7) is 1.49. The van der Waals surface area contributed by atoms with Crippen LogP contribution in [0.4, 0.5) is 5.13 Å². The van der Waals surface area contributed by atoms with Gasteiger partial charge in [0.1, 0.15) is 5.51 Å². The summed E-state index contributed by atoms with van der Waals surface area (Å²) in [5.41, 5.74) is 1.78. The van der Waals surface area contributed by atoms with Gasteiger partial charge in [0.15, 0.2) is 5.79 Å². The summed E-state index contributed by atoms with van der Waals surface area (Å²) >= 11 is 1.59. The highest BCUT2D eigenvalue weighted by Gasteiger charge is 2.41. The second kappa shape index (κ2) is 4.51. The van der Waals surface area contributed by atoms with Crippen molar-refractivity contribution in [2.45, 2.75) is 37.5 Å². The Morgan fingerprint density at radius 1 is 1.35 bits per heavy atom. The van der Waals surface area contributed by atoms with Gasteiger partial charge in [0.2, 0.25) is 5.13 Å². The van der Waals surface area contributed by atoms with Gasteiger partial charge in [0, 0.05) is 25.9 Å². The zero-order valence-corrected chi connectivity index (χ0v) is 10.8. The maximum Gasteiger partial charge on any atom is 0.208 e. The minimum atomic E-state index is -0.265. The van der Waals surface area contributed by atoms with Crippen LogP contribution < -0.4 is 4.90 Å². The van der Waals surface area contributed by atoms with E-state index in [1.165, 1.54) is 0 Å². The Balaban J connectivity index is 1.61. The van der Waals surface area contributed by atoms with E-state index in [-0.39, 0.29) is 5.79 Å². The molecule has 6 heteroatoms. The van der Waals surface area contributed by atoms with Crippen molar-refractivity contribution in [3.8, 4) is 0 Å². The average molecular weight is 255 g/mol. The molecule has 17 heavy (non-hydrogen) atoms. The normalized spacial score (nSPS) is 24.3. The van der Waals surface area contributed by atoms with Crippen LogP contribution in [0.5, 0.6) is 0 Å². The first-order valence-corrected chi connectivity index (χ1v) is 6.94. The highest BCUT2D eigenvalue weighted by atomic mass is 32.1. The molecule has 1 spiro atoms. The summed E-state index contributed by atoms with van der Waals surface area (Å²) < 4.78 is 11.5. The van der Waals surface area contributed by atoms with Crippen molar-refractivity contribution in [3.05, 3.63) is 5.51 Å². The van der Waals surface area contributed by atoms with Crippen molar-refractivity contribution in [1.82, 2.24) is 10.2 Å². The van der Waals surface area contributed by atoms with Crippen LogP contribution in [0, 0.1) is 0 Å². The fourth-order valence-electron chi connectivity index (χ4n) is 2.69. The van der Waals surface area contributed by atoms with Crippen LogP contribution >= 0.6 is 11.3 Å². The third-order valence-corrected chi connectivity index (χ3v) is 4.51. The molecule has 3 rings (SSSR count). The average Bonchev–Trinajstić information content (AvgIpc) is 3.01. The Labute approximate surface area is 105 Å². The van der Waals surface area contributed by atoms with Gasteiger partial charge in [-0.15, -0.1) is 10.2 Å². The van der Waals surface area contributed by atoms with E-state index in [2.05, 4.69) is 22.1 Å². The Hall–Kier alpha value is -0.720. The van der Waals surface area contributed by atoms with Crippen molar-refractivity contribution >= 4 is 16.5 Å². The molecule has 1 saturated heterocycles. The van der Waals surface area contributed by atoms with Crippen LogP contribution in [0.1, 0.15) is 25.7 Å². The van der Waals surface area contributed by atoms with Gasteiger partial charge < -0.3 is 14.4 Å². The van der Waals surface area contributed by atoms with E-state index >= 15 is 0 Å². The lowest BCUT2D eigenvalue weighted by molar-refractivity contribution is -0.178. The van der Waals surface area contributed by atoms with Crippen LogP contribution in [-0.4, -0.2) is 42.3 Å². The summed E-state index contributed by atoms with van der Waals surface area (Å²) in [5.74, 6) is -0.265. The first kappa shape index (κ1) is 11.4. The SMILES string of the molecule is CN(c1nncs1)C1CCC2(CC1)OCCO2. The Morgan fingerprint density at radius 3 is 2.65 bits per heavy atom. The molecular weight excluding hydrogens is 238 g/mol. The maximum atomic E-state index is 5.73. The van der Waals surface area contributed by atoms with Gasteiger partial charge in [-0.3, -0.25) is 0 Å². The van der Waals surface area contributed by atoms with Crippen LogP contribution in [-0.2, 0) is 9.47 Å². The molecule has 0 unspecified atom stereocenters. The first-order valence-electron chi connectivity index (χ1n) is 6.06. The topological polar surface area (TPSA) is 47.5 Å². The Bertz CT molecular complexity index is 355. The second-order valence-corrected chi connectivity index (χ2v) is 5.48. The molecule has 2 heterocycles. The maximum absolute atomic E-state index is 5.73. The summed E-state index contributed by atoms with van der Waals surface area (Å²) in [6.07, 6.45) is 4.16. The Morgan fingerprint density at radius 2 is 2.06 bits per heavy atom. The predicted molar refractivity (Wildman–Crippen MR) is 65.2 cm³/mol. The number of hydrogen-bond donors (Lipinski definition) is 0. The van der Waals surface area contributed by atoms with Gasteiger partial charge in [-0.25, -0.2) is 0 Å². The van der Waals surface area contributed by atoms with E-state index in [1.54, 1.807) is 16.8 Å². The molecule has 0 radical (unpaired) electrons. The van der Waals surface area contributed by atoms with Crippen LogP contribution in [0.2, 0.25) is 0 Å². The molecule has 0 amide bonds. The lowest BCUT2D eigenvalue weighted by Crippen LogP contribution is -2.42. The van der Waals surface area contributed by atoms with Gasteiger partial charge in [-0.05, 0) is 12.8 Å². The van der Waals surface area contributed by atoms with Gasteiger partial charge >= 0.3 is 0 Å². The molecule has 0 aromatic carbocycles. The van der Waals surface area contributed by atoms with E-state index in [4.69, 9.17) is 9.47 Å². The fraction of sp³-hybridized carbons (Fsp3) is 0.818. The molecule has 0 atom stereocenters. The highest BCUT2D eigenvalue weighted by Crippen LogP contribution is 2.38. The first-order chi connectivity index (χ1) is 8.29. The van der Waals surface area contributed by atoms with Crippen LogP contribution in [0.25, 0.3) is 0 Å². The van der Waals surface area contributed by atoms with Crippen molar-refractivity contribution in [1.29, 1.82) is 0 Å². The van der Waals surface area contributed by atoms with Gasteiger partial charge in [-0.1, -0.05) is 11.3 Å². The van der Waals surface area contributed by atoms with E-state index in [1.807, 2.05) is 0 Å². The Kier molecular flexibility index (Phi) is 3.02.